The Morgan fingerprint density at radius 2 is 1.71 bits per heavy atom. The topological polar surface area (TPSA) is 40.5 Å². The molecule has 2 fully saturated rings. The lowest BCUT2D eigenvalue weighted by molar-refractivity contribution is -0.168. The average molecular weight is 292 g/mol. The lowest BCUT2D eigenvalue weighted by atomic mass is 9.55. The Balaban J connectivity index is 2.08. The third kappa shape index (κ3) is 2.13. The minimum atomic E-state index is -1.04. The van der Waals surface area contributed by atoms with Gasteiger partial charge in [-0.1, -0.05) is 45.8 Å². The van der Waals surface area contributed by atoms with Crippen molar-refractivity contribution in [3.05, 3.63) is 12.2 Å². The molecule has 21 heavy (non-hydrogen) atoms. The molecule has 0 aromatic heterocycles. The van der Waals surface area contributed by atoms with E-state index in [0.717, 1.165) is 19.3 Å². The highest BCUT2D eigenvalue weighted by Gasteiger charge is 2.61. The van der Waals surface area contributed by atoms with Crippen molar-refractivity contribution in [2.24, 2.45) is 29.1 Å². The molecule has 2 saturated carbocycles. The van der Waals surface area contributed by atoms with Gasteiger partial charge in [0, 0.05) is 0 Å². The summed E-state index contributed by atoms with van der Waals surface area (Å²) >= 11 is 0. The fourth-order valence-electron chi connectivity index (χ4n) is 5.74. The van der Waals surface area contributed by atoms with Gasteiger partial charge in [0.05, 0.1) is 5.60 Å². The Morgan fingerprint density at radius 1 is 1.00 bits per heavy atom. The van der Waals surface area contributed by atoms with Crippen molar-refractivity contribution in [1.82, 2.24) is 0 Å². The monoisotopic (exact) mass is 292 g/mol. The molecule has 1 unspecified atom stereocenters. The van der Waals surface area contributed by atoms with Gasteiger partial charge in [-0.2, -0.15) is 0 Å². The standard InChI is InChI=1S/C19H32O2/c1-13(2)14-8-10-17(3)11-12-19(21)15(16(14)17)7-5-6-9-18(19,4)20/h11-16,20-21H,5-10H2,1-4H3/t14-,15-,16+,17-,18?,19-/m1/s1. The third-order valence-electron chi connectivity index (χ3n) is 7.10. The fourth-order valence-corrected chi connectivity index (χ4v) is 5.74. The van der Waals surface area contributed by atoms with Gasteiger partial charge in [-0.3, -0.25) is 0 Å². The zero-order chi connectivity index (χ0) is 15.5. The van der Waals surface area contributed by atoms with Crippen LogP contribution in [0.25, 0.3) is 0 Å². The van der Waals surface area contributed by atoms with Crippen LogP contribution in [0.5, 0.6) is 0 Å². The molecule has 3 rings (SSSR count). The van der Waals surface area contributed by atoms with Crippen molar-refractivity contribution in [3.63, 3.8) is 0 Å². The molecule has 0 aromatic carbocycles. The van der Waals surface area contributed by atoms with E-state index < -0.39 is 11.2 Å². The molecule has 2 nitrogen and oxygen atoms in total. The first-order valence-electron chi connectivity index (χ1n) is 8.86. The molecular formula is C19H32O2. The number of fused-ring (bicyclic) bond motifs is 3. The van der Waals surface area contributed by atoms with E-state index in [9.17, 15) is 10.2 Å². The van der Waals surface area contributed by atoms with Crippen LogP contribution < -0.4 is 0 Å². The van der Waals surface area contributed by atoms with Gasteiger partial charge in [0.2, 0.25) is 0 Å². The fraction of sp³-hybridized carbons (Fsp3) is 0.895. The van der Waals surface area contributed by atoms with Gasteiger partial charge in [0.1, 0.15) is 5.60 Å². The summed E-state index contributed by atoms with van der Waals surface area (Å²) in [6.07, 6.45) is 10.6. The van der Waals surface area contributed by atoms with E-state index >= 15 is 0 Å². The molecule has 0 bridgehead atoms. The van der Waals surface area contributed by atoms with E-state index in [0.29, 0.717) is 24.2 Å². The largest absolute Gasteiger partial charge is 0.387 e. The molecule has 6 atom stereocenters. The summed E-state index contributed by atoms with van der Waals surface area (Å²) in [4.78, 5) is 0. The predicted octanol–water partition coefficient (Wildman–Crippen LogP) is 3.92. The molecule has 0 spiro atoms. The molecule has 2 N–H and O–H groups in total. The van der Waals surface area contributed by atoms with Crippen LogP contribution >= 0.6 is 0 Å². The average Bonchev–Trinajstić information content (AvgIpc) is 2.69. The molecule has 0 radical (unpaired) electrons. The molecular weight excluding hydrogens is 260 g/mol. The number of hydrogen-bond donors (Lipinski definition) is 2. The van der Waals surface area contributed by atoms with Crippen LogP contribution in [0.2, 0.25) is 0 Å². The van der Waals surface area contributed by atoms with Gasteiger partial charge in [-0.25, -0.2) is 0 Å². The zero-order valence-corrected chi connectivity index (χ0v) is 14.1. The zero-order valence-electron chi connectivity index (χ0n) is 14.1. The molecule has 0 amide bonds. The highest BCUT2D eigenvalue weighted by atomic mass is 16.4. The van der Waals surface area contributed by atoms with Crippen molar-refractivity contribution in [1.29, 1.82) is 0 Å². The summed E-state index contributed by atoms with van der Waals surface area (Å²) < 4.78 is 0. The second-order valence-corrected chi connectivity index (χ2v) is 8.76. The van der Waals surface area contributed by atoms with Crippen molar-refractivity contribution < 1.29 is 10.2 Å². The van der Waals surface area contributed by atoms with Crippen LogP contribution in [0, 0.1) is 29.1 Å². The van der Waals surface area contributed by atoms with Crippen molar-refractivity contribution in [2.45, 2.75) is 77.4 Å². The van der Waals surface area contributed by atoms with E-state index in [1.54, 1.807) is 0 Å². The van der Waals surface area contributed by atoms with E-state index in [4.69, 9.17) is 0 Å². The Kier molecular flexibility index (Phi) is 3.57. The summed E-state index contributed by atoms with van der Waals surface area (Å²) in [5, 5.41) is 22.4. The molecule has 0 aliphatic heterocycles. The van der Waals surface area contributed by atoms with E-state index in [-0.39, 0.29) is 11.3 Å². The summed E-state index contributed by atoms with van der Waals surface area (Å²) in [6.45, 7) is 8.86. The van der Waals surface area contributed by atoms with E-state index in [1.807, 2.05) is 13.0 Å². The second kappa shape index (κ2) is 4.83. The molecule has 0 saturated heterocycles. The quantitative estimate of drug-likeness (QED) is 0.719. The molecule has 0 heterocycles. The van der Waals surface area contributed by atoms with Crippen molar-refractivity contribution in [3.8, 4) is 0 Å². The number of hydrogen-bond acceptors (Lipinski definition) is 2. The smallest absolute Gasteiger partial charge is 0.114 e. The first-order valence-corrected chi connectivity index (χ1v) is 8.86. The number of allylic oxidation sites excluding steroid dienone is 1. The van der Waals surface area contributed by atoms with Gasteiger partial charge in [-0.05, 0) is 61.7 Å². The Morgan fingerprint density at radius 3 is 2.38 bits per heavy atom. The second-order valence-electron chi connectivity index (χ2n) is 8.76. The van der Waals surface area contributed by atoms with Gasteiger partial charge < -0.3 is 10.2 Å². The SMILES string of the molecule is CC(C)[C@H]1CC[C@]2(C)C=C[C@@]3(O)[C@H](CCCCC3(C)O)[C@H]12. The third-order valence-corrected chi connectivity index (χ3v) is 7.10. The molecule has 120 valence electrons. The maximum absolute atomic E-state index is 11.4. The molecule has 2 heteroatoms. The van der Waals surface area contributed by atoms with Crippen LogP contribution in [0.4, 0.5) is 0 Å². The highest BCUT2D eigenvalue weighted by Crippen LogP contribution is 2.61. The maximum Gasteiger partial charge on any atom is 0.114 e. The van der Waals surface area contributed by atoms with E-state index in [1.165, 1.54) is 12.8 Å². The highest BCUT2D eigenvalue weighted by molar-refractivity contribution is 5.26. The summed E-state index contributed by atoms with van der Waals surface area (Å²) in [6, 6.07) is 0. The van der Waals surface area contributed by atoms with Crippen LogP contribution in [0.15, 0.2) is 12.2 Å². The number of rotatable bonds is 1. The Labute approximate surface area is 129 Å². The lowest BCUT2D eigenvalue weighted by Crippen LogP contribution is -2.60. The van der Waals surface area contributed by atoms with Gasteiger partial charge in [-0.15, -0.1) is 0 Å². The maximum atomic E-state index is 11.4. The first kappa shape index (κ1) is 15.6. The summed E-state index contributed by atoms with van der Waals surface area (Å²) in [5.74, 6) is 2.04. The molecule has 3 aliphatic rings. The Hall–Kier alpha value is -0.340. The minimum absolute atomic E-state index is 0.208. The van der Waals surface area contributed by atoms with Gasteiger partial charge in [0.25, 0.3) is 0 Å². The lowest BCUT2D eigenvalue weighted by Gasteiger charge is -2.53. The van der Waals surface area contributed by atoms with Gasteiger partial charge in [0.15, 0.2) is 0 Å². The first-order chi connectivity index (χ1) is 9.71. The summed E-state index contributed by atoms with van der Waals surface area (Å²) in [5.41, 5.74) is -1.81. The van der Waals surface area contributed by atoms with Gasteiger partial charge >= 0.3 is 0 Å². The van der Waals surface area contributed by atoms with Crippen LogP contribution in [0.3, 0.4) is 0 Å². The van der Waals surface area contributed by atoms with Crippen molar-refractivity contribution >= 4 is 0 Å². The minimum Gasteiger partial charge on any atom is -0.387 e. The normalized spacial score (nSPS) is 53.4. The number of aliphatic hydroxyl groups is 2. The van der Waals surface area contributed by atoms with Crippen LogP contribution in [0.1, 0.15) is 66.2 Å². The summed E-state index contributed by atoms with van der Waals surface area (Å²) in [7, 11) is 0. The Bertz CT molecular complexity index is 439. The molecule has 0 aromatic rings. The predicted molar refractivity (Wildman–Crippen MR) is 85.8 cm³/mol. The van der Waals surface area contributed by atoms with Crippen LogP contribution in [-0.4, -0.2) is 21.4 Å². The van der Waals surface area contributed by atoms with Crippen molar-refractivity contribution in [2.75, 3.05) is 0 Å². The van der Waals surface area contributed by atoms with E-state index in [2.05, 4.69) is 26.8 Å². The van der Waals surface area contributed by atoms with Crippen LogP contribution in [-0.2, 0) is 0 Å². The molecule has 3 aliphatic carbocycles.